The minimum Gasteiger partial charge on any atom is -0.309 e. The van der Waals surface area contributed by atoms with Crippen LogP contribution in [0.3, 0.4) is 0 Å². The lowest BCUT2D eigenvalue weighted by molar-refractivity contribution is 1.13. The molecule has 4 heterocycles. The Morgan fingerprint density at radius 1 is 0.373 bits per heavy atom. The van der Waals surface area contributed by atoms with Crippen LogP contribution in [0.25, 0.3) is 121 Å². The second-order valence-electron chi connectivity index (χ2n) is 16.8. The fraction of sp³-hybridized carbons (Fsp3) is 0. The molecule has 13 rings (SSSR count). The monoisotopic (exact) mass is 853 g/mol. The molecule has 0 aliphatic rings. The van der Waals surface area contributed by atoms with Crippen molar-refractivity contribution in [2.75, 3.05) is 0 Å². The van der Waals surface area contributed by atoms with Crippen molar-refractivity contribution >= 4 is 71.1 Å². The van der Waals surface area contributed by atoms with Crippen LogP contribution in [-0.2, 0) is 0 Å². The number of nitrogens with zero attached hydrogens (tertiary/aromatic N) is 7. The Hall–Kier alpha value is -9.56. The molecule has 0 aliphatic heterocycles. The molecule has 310 valence electrons. The zero-order chi connectivity index (χ0) is 44.6. The minimum atomic E-state index is 0.556. The van der Waals surface area contributed by atoms with Crippen molar-refractivity contribution in [2.45, 2.75) is 0 Å². The zero-order valence-electron chi connectivity index (χ0n) is 35.8. The van der Waals surface area contributed by atoms with Gasteiger partial charge in [-0.25, -0.2) is 14.8 Å². The summed E-state index contributed by atoms with van der Waals surface area (Å²) in [5.74, 6) is 0.629. The number of rotatable bonds is 6. The van der Waals surface area contributed by atoms with Crippen LogP contribution in [0.1, 0.15) is 5.56 Å². The highest BCUT2D eigenvalue weighted by Crippen LogP contribution is 2.40. The Balaban J connectivity index is 1.03. The molecule has 7 nitrogen and oxygen atoms in total. The molecule has 9 aromatic carbocycles. The van der Waals surface area contributed by atoms with Gasteiger partial charge in [0.1, 0.15) is 0 Å². The van der Waals surface area contributed by atoms with E-state index in [1.54, 1.807) is 0 Å². The summed E-state index contributed by atoms with van der Waals surface area (Å²) in [7, 11) is 0. The first-order valence-electron chi connectivity index (χ1n) is 22.2. The number of hydrogen-bond acceptors (Lipinski definition) is 3. The van der Waals surface area contributed by atoms with E-state index in [1.165, 1.54) is 21.5 Å². The quantitative estimate of drug-likeness (QED) is 0.156. The Kier molecular flexibility index (Phi) is 8.51. The number of para-hydroxylation sites is 4. The molecular formula is C60H35N7. The van der Waals surface area contributed by atoms with Gasteiger partial charge in [0.2, 0.25) is 0 Å². The van der Waals surface area contributed by atoms with Gasteiger partial charge in [0, 0.05) is 60.7 Å². The van der Waals surface area contributed by atoms with Crippen molar-refractivity contribution in [3.8, 4) is 57.0 Å². The van der Waals surface area contributed by atoms with Crippen molar-refractivity contribution in [2.24, 2.45) is 0 Å². The maximum absolute atomic E-state index is 9.77. The predicted molar refractivity (Wildman–Crippen MR) is 272 cm³/mol. The zero-order valence-corrected chi connectivity index (χ0v) is 35.8. The maximum atomic E-state index is 9.77. The van der Waals surface area contributed by atoms with Crippen molar-refractivity contribution in [3.63, 3.8) is 0 Å². The van der Waals surface area contributed by atoms with Crippen LogP contribution >= 0.6 is 0 Å². The Morgan fingerprint density at radius 2 is 0.836 bits per heavy atom. The molecule has 0 aliphatic carbocycles. The average Bonchev–Trinajstić information content (AvgIpc) is 4.04. The fourth-order valence-electron chi connectivity index (χ4n) is 10.1. The van der Waals surface area contributed by atoms with Crippen molar-refractivity contribution in [1.29, 1.82) is 5.26 Å². The van der Waals surface area contributed by atoms with Crippen LogP contribution in [0.4, 0.5) is 5.69 Å². The fourth-order valence-corrected chi connectivity index (χ4v) is 10.1. The molecule has 0 saturated carbocycles. The van der Waals surface area contributed by atoms with Gasteiger partial charge in [0.25, 0.3) is 0 Å². The third kappa shape index (κ3) is 6.04. The van der Waals surface area contributed by atoms with Crippen molar-refractivity contribution in [3.05, 3.63) is 229 Å². The first-order chi connectivity index (χ1) is 33.1. The molecule has 67 heavy (non-hydrogen) atoms. The first-order valence-corrected chi connectivity index (χ1v) is 22.2. The van der Waals surface area contributed by atoms with E-state index < -0.39 is 0 Å². The van der Waals surface area contributed by atoms with Gasteiger partial charge in [0.15, 0.2) is 11.5 Å². The number of nitriles is 1. The third-order valence-electron chi connectivity index (χ3n) is 13.1. The molecule has 0 spiro atoms. The highest BCUT2D eigenvalue weighted by Gasteiger charge is 2.20. The van der Waals surface area contributed by atoms with Crippen LogP contribution in [0.15, 0.2) is 212 Å². The Morgan fingerprint density at radius 3 is 1.37 bits per heavy atom. The molecule has 0 amide bonds. The lowest BCUT2D eigenvalue weighted by atomic mass is 10.0. The van der Waals surface area contributed by atoms with E-state index in [-0.39, 0.29) is 0 Å². The van der Waals surface area contributed by atoms with E-state index >= 15 is 0 Å². The van der Waals surface area contributed by atoms with Crippen LogP contribution < -0.4 is 0 Å². The van der Waals surface area contributed by atoms with Gasteiger partial charge in [-0.15, -0.1) is 0 Å². The smallest absolute Gasteiger partial charge is 0.188 e. The summed E-state index contributed by atoms with van der Waals surface area (Å²) in [5.41, 5.74) is 15.0. The van der Waals surface area contributed by atoms with Crippen LogP contribution in [0.5, 0.6) is 0 Å². The highest BCUT2D eigenvalue weighted by molar-refractivity contribution is 6.12. The van der Waals surface area contributed by atoms with Gasteiger partial charge in [0.05, 0.1) is 62.7 Å². The maximum Gasteiger partial charge on any atom is 0.188 e. The van der Waals surface area contributed by atoms with Crippen LogP contribution in [-0.4, -0.2) is 23.7 Å². The van der Waals surface area contributed by atoms with E-state index in [1.807, 2.05) is 54.6 Å². The summed E-state index contributed by atoms with van der Waals surface area (Å²) >= 11 is 0. The predicted octanol–water partition coefficient (Wildman–Crippen LogP) is 15.2. The molecule has 0 radical (unpaired) electrons. The van der Waals surface area contributed by atoms with Gasteiger partial charge in [-0.05, 0) is 96.4 Å². The summed E-state index contributed by atoms with van der Waals surface area (Å²) in [5, 5.41) is 16.4. The summed E-state index contributed by atoms with van der Waals surface area (Å²) in [4.78, 5) is 14.3. The molecule has 13 aromatic rings. The van der Waals surface area contributed by atoms with E-state index in [0.29, 0.717) is 17.1 Å². The molecule has 7 heteroatoms. The minimum absolute atomic E-state index is 0.556. The number of hydrogen-bond donors (Lipinski definition) is 0. The molecule has 0 N–H and O–H groups in total. The van der Waals surface area contributed by atoms with Gasteiger partial charge in [-0.1, -0.05) is 121 Å². The standard InChI is InChI=1S/C60H35N7/c1-62-42-26-30-59-51(34-42)50-31-38(37-61)23-29-58(50)65(59)43-27-24-39(25-28-43)52-36-53(64-60(63-52)40-13-3-2-4-14-40)41-32-44(66-54-19-9-5-15-46(54)47-16-6-10-20-55(47)66)35-45(33-41)67-56-21-11-7-17-48(56)49-18-8-12-22-57(49)67/h2-36H. The second-order valence-corrected chi connectivity index (χ2v) is 16.8. The van der Waals surface area contributed by atoms with Crippen LogP contribution in [0, 0.1) is 17.9 Å². The molecule has 0 bridgehead atoms. The summed E-state index contributed by atoms with van der Waals surface area (Å²) in [6, 6.07) is 75.9. The van der Waals surface area contributed by atoms with Gasteiger partial charge in [-0.3, -0.25) is 0 Å². The number of aromatic nitrogens is 5. The lowest BCUT2D eigenvalue weighted by Gasteiger charge is -2.16. The topological polar surface area (TPSA) is 68.7 Å². The Labute approximate surface area is 384 Å². The molecule has 4 aromatic heterocycles. The second kappa shape index (κ2) is 15.0. The molecule has 0 atom stereocenters. The SMILES string of the molecule is [C-]#[N+]c1ccc2c(c1)c1cc(C#N)ccc1n2-c1ccc(-c2cc(-c3cc(-n4c5ccccc5c5ccccc54)cc(-n4c5ccccc5c5ccccc54)c3)nc(-c3ccccc3)n2)cc1. The van der Waals surface area contributed by atoms with E-state index in [4.69, 9.17) is 16.5 Å². The van der Waals surface area contributed by atoms with Gasteiger partial charge < -0.3 is 13.7 Å². The normalized spacial score (nSPS) is 11.6. The summed E-state index contributed by atoms with van der Waals surface area (Å²) in [6.45, 7) is 7.68. The van der Waals surface area contributed by atoms with Crippen molar-refractivity contribution in [1.82, 2.24) is 23.7 Å². The van der Waals surface area contributed by atoms with Gasteiger partial charge in [-0.2, -0.15) is 5.26 Å². The highest BCUT2D eigenvalue weighted by atomic mass is 15.0. The lowest BCUT2D eigenvalue weighted by Crippen LogP contribution is -2.01. The third-order valence-corrected chi connectivity index (χ3v) is 13.1. The largest absolute Gasteiger partial charge is 0.309 e. The molecule has 0 saturated heterocycles. The molecule has 0 fully saturated rings. The van der Waals surface area contributed by atoms with E-state index in [9.17, 15) is 5.26 Å². The average molecular weight is 854 g/mol. The number of fused-ring (bicyclic) bond motifs is 9. The molecular weight excluding hydrogens is 819 g/mol. The first kappa shape index (κ1) is 37.9. The van der Waals surface area contributed by atoms with Crippen LogP contribution in [0.2, 0.25) is 0 Å². The van der Waals surface area contributed by atoms with Crippen molar-refractivity contribution < 1.29 is 0 Å². The van der Waals surface area contributed by atoms with E-state index in [0.717, 1.165) is 89.0 Å². The summed E-state index contributed by atoms with van der Waals surface area (Å²) < 4.78 is 6.95. The molecule has 0 unspecified atom stereocenters. The Bertz CT molecular complexity index is 3920. The van der Waals surface area contributed by atoms with E-state index in [2.05, 4.69) is 182 Å². The van der Waals surface area contributed by atoms with Gasteiger partial charge >= 0.3 is 0 Å². The summed E-state index contributed by atoms with van der Waals surface area (Å²) in [6.07, 6.45) is 0. The number of benzene rings is 9.